The van der Waals surface area contributed by atoms with Crippen LogP contribution in [-0.4, -0.2) is 29.6 Å². The number of rotatable bonds is 5. The first-order chi connectivity index (χ1) is 12.6. The van der Waals surface area contributed by atoms with E-state index in [1.807, 2.05) is 0 Å². The number of nitrogens with one attached hydrogen (secondary N) is 1. The van der Waals surface area contributed by atoms with E-state index in [1.165, 1.54) is 31.2 Å². The van der Waals surface area contributed by atoms with Crippen LogP contribution >= 0.6 is 11.3 Å². The molecule has 0 saturated carbocycles. The van der Waals surface area contributed by atoms with Crippen LogP contribution in [0.2, 0.25) is 0 Å². The van der Waals surface area contributed by atoms with Crippen molar-refractivity contribution in [2.75, 3.05) is 11.9 Å². The number of amides is 1. The van der Waals surface area contributed by atoms with E-state index in [1.54, 1.807) is 12.2 Å². The zero-order chi connectivity index (χ0) is 20.4. The van der Waals surface area contributed by atoms with Crippen molar-refractivity contribution in [2.45, 2.75) is 20.0 Å². The molecule has 0 fully saturated rings. The number of hydrogen-bond acceptors (Lipinski definition) is 6. The van der Waals surface area contributed by atoms with Crippen LogP contribution in [0.15, 0.2) is 24.3 Å². The third kappa shape index (κ3) is 4.42. The standard InChI is InChI=1S/C16H13F3N2O5S/c1-3-26-14(22)12-11(9-4-6-10(7-5-9)21(24)25)8(2)27-13(12)20-15(23)16(17,18)19/h4-7H,3H2,1-2H3,(H,20,23). The van der Waals surface area contributed by atoms with Gasteiger partial charge >= 0.3 is 18.1 Å². The predicted molar refractivity (Wildman–Crippen MR) is 91.8 cm³/mol. The van der Waals surface area contributed by atoms with E-state index in [0.717, 1.165) is 11.3 Å². The van der Waals surface area contributed by atoms with Crippen LogP contribution in [0.3, 0.4) is 0 Å². The number of alkyl halides is 3. The molecule has 1 aromatic heterocycles. The Morgan fingerprint density at radius 1 is 1.26 bits per heavy atom. The van der Waals surface area contributed by atoms with Crippen LogP contribution in [-0.2, 0) is 9.53 Å². The van der Waals surface area contributed by atoms with Crippen LogP contribution in [0.1, 0.15) is 22.2 Å². The summed E-state index contributed by atoms with van der Waals surface area (Å²) in [5, 5.41) is 12.2. The Hall–Kier alpha value is -2.95. The molecule has 27 heavy (non-hydrogen) atoms. The third-order valence-corrected chi connectivity index (χ3v) is 4.44. The third-order valence-electron chi connectivity index (χ3n) is 3.42. The molecule has 1 aromatic carbocycles. The average Bonchev–Trinajstić information content (AvgIpc) is 2.90. The molecule has 144 valence electrons. The minimum absolute atomic E-state index is 0.0277. The second-order valence-electron chi connectivity index (χ2n) is 5.21. The molecule has 0 saturated heterocycles. The number of thiophene rings is 1. The molecule has 0 bridgehead atoms. The zero-order valence-corrected chi connectivity index (χ0v) is 14.9. The van der Waals surface area contributed by atoms with Crippen LogP contribution in [0.4, 0.5) is 23.9 Å². The second kappa shape index (κ2) is 7.74. The van der Waals surface area contributed by atoms with Crippen molar-refractivity contribution < 1.29 is 32.4 Å². The topological polar surface area (TPSA) is 98.5 Å². The van der Waals surface area contributed by atoms with E-state index in [2.05, 4.69) is 0 Å². The van der Waals surface area contributed by atoms with Gasteiger partial charge in [0.25, 0.3) is 5.69 Å². The van der Waals surface area contributed by atoms with Crippen molar-refractivity contribution in [2.24, 2.45) is 0 Å². The fourth-order valence-corrected chi connectivity index (χ4v) is 3.36. The molecule has 0 radical (unpaired) electrons. The van der Waals surface area contributed by atoms with Gasteiger partial charge in [-0.15, -0.1) is 11.3 Å². The van der Waals surface area contributed by atoms with Crippen molar-refractivity contribution in [1.82, 2.24) is 0 Å². The van der Waals surface area contributed by atoms with Gasteiger partial charge in [-0.2, -0.15) is 13.2 Å². The predicted octanol–water partition coefficient (Wildman–Crippen LogP) is 4.31. The Morgan fingerprint density at radius 3 is 2.33 bits per heavy atom. The molecule has 0 unspecified atom stereocenters. The molecule has 0 aliphatic rings. The first kappa shape index (κ1) is 20.4. The van der Waals surface area contributed by atoms with Crippen molar-refractivity contribution >= 4 is 33.9 Å². The summed E-state index contributed by atoms with van der Waals surface area (Å²) in [6.07, 6.45) is -5.13. The maximum Gasteiger partial charge on any atom is 0.471 e. The number of hydrogen-bond donors (Lipinski definition) is 1. The summed E-state index contributed by atoms with van der Waals surface area (Å²) in [7, 11) is 0. The van der Waals surface area contributed by atoms with Gasteiger partial charge in [-0.3, -0.25) is 14.9 Å². The lowest BCUT2D eigenvalue weighted by Crippen LogP contribution is -2.30. The van der Waals surface area contributed by atoms with E-state index in [0.29, 0.717) is 10.4 Å². The highest BCUT2D eigenvalue weighted by molar-refractivity contribution is 7.17. The maximum atomic E-state index is 12.6. The largest absolute Gasteiger partial charge is 0.471 e. The van der Waals surface area contributed by atoms with Crippen LogP contribution in [0.25, 0.3) is 11.1 Å². The van der Waals surface area contributed by atoms with Gasteiger partial charge in [-0.25, -0.2) is 4.79 Å². The number of nitrogens with zero attached hydrogens (tertiary/aromatic N) is 1. The number of ether oxygens (including phenoxy) is 1. The monoisotopic (exact) mass is 402 g/mol. The smallest absolute Gasteiger partial charge is 0.462 e. The summed E-state index contributed by atoms with van der Waals surface area (Å²) in [5.41, 5.74) is 0.191. The average molecular weight is 402 g/mol. The highest BCUT2D eigenvalue weighted by Gasteiger charge is 2.40. The van der Waals surface area contributed by atoms with Gasteiger partial charge in [-0.1, -0.05) is 0 Å². The van der Waals surface area contributed by atoms with Crippen molar-refractivity contribution in [3.63, 3.8) is 0 Å². The summed E-state index contributed by atoms with van der Waals surface area (Å²) < 4.78 is 42.6. The van der Waals surface area contributed by atoms with Gasteiger partial charge < -0.3 is 10.1 Å². The van der Waals surface area contributed by atoms with Crippen molar-refractivity contribution in [3.8, 4) is 11.1 Å². The van der Waals surface area contributed by atoms with E-state index < -0.39 is 23.0 Å². The SMILES string of the molecule is CCOC(=O)c1c(NC(=O)C(F)(F)F)sc(C)c1-c1ccc([N+](=O)[O-])cc1. The van der Waals surface area contributed by atoms with Gasteiger partial charge in [0.2, 0.25) is 0 Å². The van der Waals surface area contributed by atoms with Crippen LogP contribution in [0.5, 0.6) is 0 Å². The fourth-order valence-electron chi connectivity index (χ4n) is 2.30. The Balaban J connectivity index is 2.57. The number of carbonyl (C=O) groups excluding carboxylic acids is 2. The Kier molecular flexibility index (Phi) is 5.84. The summed E-state index contributed by atoms with van der Waals surface area (Å²) in [6, 6.07) is 5.14. The lowest BCUT2D eigenvalue weighted by atomic mass is 10.0. The number of anilines is 1. The number of benzene rings is 1. The number of nitro groups is 1. The minimum Gasteiger partial charge on any atom is -0.462 e. The van der Waals surface area contributed by atoms with Crippen LogP contribution < -0.4 is 5.32 Å². The van der Waals surface area contributed by atoms with E-state index in [4.69, 9.17) is 4.74 Å². The molecule has 1 amide bonds. The van der Waals surface area contributed by atoms with Gasteiger partial charge in [0.1, 0.15) is 10.6 Å². The number of halogens is 3. The molecule has 2 rings (SSSR count). The molecule has 0 aliphatic carbocycles. The molecule has 2 aromatic rings. The second-order valence-corrected chi connectivity index (χ2v) is 6.44. The summed E-state index contributed by atoms with van der Waals surface area (Å²) in [6.45, 7) is 3.05. The Labute approximate surface area is 154 Å². The molecule has 1 N–H and O–H groups in total. The quantitative estimate of drug-likeness (QED) is 0.457. The lowest BCUT2D eigenvalue weighted by Gasteiger charge is -2.10. The number of non-ortho nitro benzene ring substituents is 1. The van der Waals surface area contributed by atoms with Crippen molar-refractivity contribution in [3.05, 3.63) is 44.8 Å². The molecule has 1 heterocycles. The van der Waals surface area contributed by atoms with Gasteiger partial charge in [0.15, 0.2) is 0 Å². The first-order valence-corrected chi connectivity index (χ1v) is 8.31. The number of esters is 1. The normalized spacial score (nSPS) is 11.1. The van der Waals surface area contributed by atoms with Crippen molar-refractivity contribution in [1.29, 1.82) is 0 Å². The summed E-state index contributed by atoms with van der Waals surface area (Å²) in [5.74, 6) is -3.13. The van der Waals surface area contributed by atoms with E-state index in [-0.39, 0.29) is 28.4 Å². The van der Waals surface area contributed by atoms with Gasteiger partial charge in [0.05, 0.1) is 11.5 Å². The number of aryl methyl sites for hydroxylation is 1. The Morgan fingerprint density at radius 2 is 1.85 bits per heavy atom. The van der Waals surface area contributed by atoms with E-state index in [9.17, 15) is 32.9 Å². The molecule has 7 nitrogen and oxygen atoms in total. The molecule has 0 aliphatic heterocycles. The van der Waals surface area contributed by atoms with Gasteiger partial charge in [0, 0.05) is 22.6 Å². The summed E-state index contributed by atoms with van der Waals surface area (Å²) >= 11 is 0.778. The van der Waals surface area contributed by atoms with Gasteiger partial charge in [-0.05, 0) is 31.5 Å². The molecular formula is C16H13F3N2O5S. The molecule has 0 spiro atoms. The number of carbonyl (C=O) groups is 2. The van der Waals surface area contributed by atoms with Crippen LogP contribution in [0, 0.1) is 17.0 Å². The molecular weight excluding hydrogens is 389 g/mol. The highest BCUT2D eigenvalue weighted by Crippen LogP contribution is 2.41. The number of nitro benzene ring substituents is 1. The minimum atomic E-state index is -5.13. The maximum absolute atomic E-state index is 12.6. The molecule has 0 atom stereocenters. The lowest BCUT2D eigenvalue weighted by molar-refractivity contribution is -0.384. The summed E-state index contributed by atoms with van der Waals surface area (Å²) in [4.78, 5) is 34.2. The zero-order valence-electron chi connectivity index (χ0n) is 14.0. The first-order valence-electron chi connectivity index (χ1n) is 7.49. The molecule has 11 heteroatoms. The van der Waals surface area contributed by atoms with E-state index >= 15 is 0 Å². The highest BCUT2D eigenvalue weighted by atomic mass is 32.1. The Bertz CT molecular complexity index is 891. The fraction of sp³-hybridized carbons (Fsp3) is 0.250.